The summed E-state index contributed by atoms with van der Waals surface area (Å²) in [5.74, 6) is 0.863. The fourth-order valence-electron chi connectivity index (χ4n) is 2.59. The molecule has 0 saturated heterocycles. The van der Waals surface area contributed by atoms with Crippen molar-refractivity contribution in [3.8, 4) is 23.0 Å². The third-order valence-corrected chi connectivity index (χ3v) is 3.91. The minimum absolute atomic E-state index is 0.00912. The molecule has 1 N–H and O–H groups in total. The largest absolute Gasteiger partial charge is 0.497 e. The van der Waals surface area contributed by atoms with E-state index in [0.29, 0.717) is 23.0 Å². The fourth-order valence-corrected chi connectivity index (χ4v) is 2.59. The van der Waals surface area contributed by atoms with Gasteiger partial charge in [0.1, 0.15) is 11.5 Å². The van der Waals surface area contributed by atoms with Crippen LogP contribution in [0.25, 0.3) is 11.5 Å². The first-order chi connectivity index (χ1) is 12.5. The zero-order valence-corrected chi connectivity index (χ0v) is 15.0. The molecule has 7 nitrogen and oxygen atoms in total. The highest BCUT2D eigenvalue weighted by Crippen LogP contribution is 2.27. The van der Waals surface area contributed by atoms with Crippen LogP contribution in [-0.4, -0.2) is 30.3 Å². The summed E-state index contributed by atoms with van der Waals surface area (Å²) in [5, 5.41) is 10.5. The van der Waals surface area contributed by atoms with Gasteiger partial charge in [-0.15, -0.1) is 5.10 Å². The van der Waals surface area contributed by atoms with Crippen molar-refractivity contribution in [1.29, 1.82) is 0 Å². The Balaban J connectivity index is 1.84. The van der Waals surface area contributed by atoms with Gasteiger partial charge in [-0.3, -0.25) is 10.1 Å². The third-order valence-electron chi connectivity index (χ3n) is 3.91. The number of nitrogens with zero attached hydrogens (tertiary/aromatic N) is 2. The number of aromatic nitrogens is 2. The van der Waals surface area contributed by atoms with E-state index in [2.05, 4.69) is 15.5 Å². The molecule has 1 heterocycles. The predicted octanol–water partition coefficient (Wildman–Crippen LogP) is 3.62. The van der Waals surface area contributed by atoms with Gasteiger partial charge in [0.2, 0.25) is 5.89 Å². The summed E-state index contributed by atoms with van der Waals surface area (Å²) in [5.41, 5.74) is 3.28. The van der Waals surface area contributed by atoms with Crippen LogP contribution < -0.4 is 14.8 Å². The van der Waals surface area contributed by atoms with Crippen molar-refractivity contribution in [2.24, 2.45) is 0 Å². The molecule has 26 heavy (non-hydrogen) atoms. The molecule has 0 atom stereocenters. The van der Waals surface area contributed by atoms with Crippen molar-refractivity contribution in [3.63, 3.8) is 0 Å². The highest BCUT2D eigenvalue weighted by Gasteiger charge is 2.18. The van der Waals surface area contributed by atoms with Crippen LogP contribution in [0.4, 0.5) is 6.01 Å². The first-order valence-electron chi connectivity index (χ1n) is 7.96. The average Bonchev–Trinajstić information content (AvgIpc) is 3.09. The molecule has 0 spiro atoms. The highest BCUT2D eigenvalue weighted by atomic mass is 16.5. The molecule has 134 valence electrons. The topological polar surface area (TPSA) is 86.5 Å². The molecular formula is C19H19N3O4. The summed E-state index contributed by atoms with van der Waals surface area (Å²) >= 11 is 0. The number of ether oxygens (including phenoxy) is 2. The number of methoxy groups -OCH3 is 2. The van der Waals surface area contributed by atoms with Crippen LogP contribution in [0.15, 0.2) is 40.8 Å². The van der Waals surface area contributed by atoms with Gasteiger partial charge < -0.3 is 13.9 Å². The molecule has 0 radical (unpaired) electrons. The Kier molecular flexibility index (Phi) is 4.88. The van der Waals surface area contributed by atoms with Gasteiger partial charge in [-0.05, 0) is 43.7 Å². The molecule has 3 rings (SSSR count). The molecule has 1 amide bonds. The number of carbonyl (C=O) groups is 1. The first-order valence-corrected chi connectivity index (χ1v) is 7.96. The van der Waals surface area contributed by atoms with E-state index < -0.39 is 5.91 Å². The monoisotopic (exact) mass is 353 g/mol. The van der Waals surface area contributed by atoms with Gasteiger partial charge in [-0.2, -0.15) is 0 Å². The average molecular weight is 353 g/mol. The molecule has 0 aliphatic rings. The summed E-state index contributed by atoms with van der Waals surface area (Å²) in [6.45, 7) is 3.98. The summed E-state index contributed by atoms with van der Waals surface area (Å²) in [7, 11) is 3.02. The lowest BCUT2D eigenvalue weighted by Gasteiger charge is -2.09. The van der Waals surface area contributed by atoms with Gasteiger partial charge in [0.15, 0.2) is 0 Å². The molecule has 0 fully saturated rings. The zero-order valence-electron chi connectivity index (χ0n) is 15.0. The molecule has 3 aromatic rings. The quantitative estimate of drug-likeness (QED) is 0.754. The van der Waals surface area contributed by atoms with Crippen molar-refractivity contribution < 1.29 is 18.7 Å². The Morgan fingerprint density at radius 3 is 2.54 bits per heavy atom. The minimum Gasteiger partial charge on any atom is -0.497 e. The number of amides is 1. The molecule has 0 bridgehead atoms. The SMILES string of the molecule is COc1ccc(OC)c(C(=O)Nc2nnc(-c3ccc(C)cc3C)o2)c1. The van der Waals surface area contributed by atoms with E-state index >= 15 is 0 Å². The Morgan fingerprint density at radius 2 is 1.85 bits per heavy atom. The number of anilines is 1. The zero-order chi connectivity index (χ0) is 18.7. The van der Waals surface area contributed by atoms with E-state index in [0.717, 1.165) is 16.7 Å². The van der Waals surface area contributed by atoms with Crippen LogP contribution in [-0.2, 0) is 0 Å². The van der Waals surface area contributed by atoms with E-state index in [9.17, 15) is 4.79 Å². The van der Waals surface area contributed by atoms with E-state index in [-0.39, 0.29) is 6.01 Å². The maximum Gasteiger partial charge on any atom is 0.322 e. The van der Waals surface area contributed by atoms with E-state index in [1.54, 1.807) is 18.2 Å². The number of carbonyl (C=O) groups excluding carboxylic acids is 1. The number of aryl methyl sites for hydroxylation is 2. The van der Waals surface area contributed by atoms with Crippen LogP contribution in [0.2, 0.25) is 0 Å². The van der Waals surface area contributed by atoms with Crippen molar-refractivity contribution in [3.05, 3.63) is 53.1 Å². The van der Waals surface area contributed by atoms with Crippen LogP contribution >= 0.6 is 0 Å². The second kappa shape index (κ2) is 7.26. The van der Waals surface area contributed by atoms with Gasteiger partial charge in [0.25, 0.3) is 5.91 Å². The highest BCUT2D eigenvalue weighted by molar-refractivity contribution is 6.05. The summed E-state index contributed by atoms with van der Waals surface area (Å²) < 4.78 is 16.0. The number of hydrogen-bond donors (Lipinski definition) is 1. The van der Waals surface area contributed by atoms with Crippen LogP contribution in [0.5, 0.6) is 11.5 Å². The van der Waals surface area contributed by atoms with Gasteiger partial charge in [0, 0.05) is 5.56 Å². The lowest BCUT2D eigenvalue weighted by Crippen LogP contribution is -2.13. The van der Waals surface area contributed by atoms with Crippen molar-refractivity contribution in [2.45, 2.75) is 13.8 Å². The standard InChI is InChI=1S/C19H19N3O4/c1-11-5-7-14(12(2)9-11)18-21-22-19(26-18)20-17(23)15-10-13(24-3)6-8-16(15)25-4/h5-10H,1-4H3,(H,20,22,23). The second-order valence-corrected chi connectivity index (χ2v) is 5.75. The van der Waals surface area contributed by atoms with E-state index in [4.69, 9.17) is 13.9 Å². The molecule has 7 heteroatoms. The van der Waals surface area contributed by atoms with Gasteiger partial charge in [-0.25, -0.2) is 0 Å². The smallest absolute Gasteiger partial charge is 0.322 e. The maximum absolute atomic E-state index is 12.5. The molecule has 0 unspecified atom stereocenters. The Bertz CT molecular complexity index is 950. The molecule has 2 aromatic carbocycles. The first kappa shape index (κ1) is 17.5. The molecule has 0 aliphatic carbocycles. The molecule has 1 aromatic heterocycles. The summed E-state index contributed by atoms with van der Waals surface area (Å²) in [6.07, 6.45) is 0. The number of rotatable bonds is 5. The lowest BCUT2D eigenvalue weighted by molar-refractivity contribution is 0.102. The predicted molar refractivity (Wildman–Crippen MR) is 96.7 cm³/mol. The van der Waals surface area contributed by atoms with E-state index in [1.165, 1.54) is 14.2 Å². The normalized spacial score (nSPS) is 10.5. The Hall–Kier alpha value is -3.35. The van der Waals surface area contributed by atoms with Crippen LogP contribution in [0.1, 0.15) is 21.5 Å². The molecule has 0 aliphatic heterocycles. The number of benzene rings is 2. The number of hydrogen-bond acceptors (Lipinski definition) is 6. The Labute approximate surface area is 151 Å². The fraction of sp³-hybridized carbons (Fsp3) is 0.211. The van der Waals surface area contributed by atoms with Gasteiger partial charge in [-0.1, -0.05) is 22.8 Å². The van der Waals surface area contributed by atoms with Crippen LogP contribution in [0.3, 0.4) is 0 Å². The van der Waals surface area contributed by atoms with Crippen molar-refractivity contribution in [2.75, 3.05) is 19.5 Å². The van der Waals surface area contributed by atoms with Crippen molar-refractivity contribution in [1.82, 2.24) is 10.2 Å². The molecular weight excluding hydrogens is 334 g/mol. The lowest BCUT2D eigenvalue weighted by atomic mass is 10.1. The van der Waals surface area contributed by atoms with Gasteiger partial charge in [0.05, 0.1) is 19.8 Å². The minimum atomic E-state index is -0.434. The van der Waals surface area contributed by atoms with Gasteiger partial charge >= 0.3 is 6.01 Å². The van der Waals surface area contributed by atoms with E-state index in [1.807, 2.05) is 32.0 Å². The third kappa shape index (κ3) is 3.51. The maximum atomic E-state index is 12.5. The summed E-state index contributed by atoms with van der Waals surface area (Å²) in [4.78, 5) is 12.5. The Morgan fingerprint density at radius 1 is 1.04 bits per heavy atom. The van der Waals surface area contributed by atoms with Crippen molar-refractivity contribution >= 4 is 11.9 Å². The second-order valence-electron chi connectivity index (χ2n) is 5.75. The van der Waals surface area contributed by atoms with Crippen LogP contribution in [0, 0.1) is 13.8 Å². The summed E-state index contributed by atoms with van der Waals surface area (Å²) in [6, 6.07) is 10.9. The molecule has 0 saturated carbocycles. The number of nitrogens with one attached hydrogen (secondary N) is 1.